The molecule has 2 heteroatoms. The maximum atomic E-state index is 11.8. The van der Waals surface area contributed by atoms with E-state index in [4.69, 9.17) is 4.74 Å². The van der Waals surface area contributed by atoms with Crippen LogP contribution in [0.2, 0.25) is 0 Å². The molecule has 0 aromatic heterocycles. The molecule has 1 aliphatic rings. The normalized spacial score (nSPS) is 19.7. The lowest BCUT2D eigenvalue weighted by atomic mass is 9.94. The Labute approximate surface area is 90.3 Å². The number of ether oxygens (including phenoxy) is 1. The summed E-state index contributed by atoms with van der Waals surface area (Å²) in [6, 6.07) is 8.09. The van der Waals surface area contributed by atoms with E-state index in [9.17, 15) is 4.79 Å². The van der Waals surface area contributed by atoms with Gasteiger partial charge in [-0.1, -0.05) is 31.2 Å². The van der Waals surface area contributed by atoms with Gasteiger partial charge in [0.1, 0.15) is 6.10 Å². The van der Waals surface area contributed by atoms with Crippen LogP contribution >= 0.6 is 0 Å². The molecule has 0 amide bonds. The molecule has 1 atom stereocenters. The summed E-state index contributed by atoms with van der Waals surface area (Å²) in [5.41, 5.74) is 2.33. The third-order valence-electron chi connectivity index (χ3n) is 2.78. The van der Waals surface area contributed by atoms with Crippen LogP contribution < -0.4 is 0 Å². The van der Waals surface area contributed by atoms with Crippen molar-refractivity contribution in [2.75, 3.05) is 6.61 Å². The number of rotatable bonds is 3. The largest absolute Gasteiger partial charge is 0.365 e. The van der Waals surface area contributed by atoms with Gasteiger partial charge in [-0.15, -0.1) is 0 Å². The Hall–Kier alpha value is -1.15. The molecular weight excluding hydrogens is 188 g/mol. The SMILES string of the molecule is CCCC(=O)C1OCCc2ccccc21. The number of hydrogen-bond acceptors (Lipinski definition) is 2. The van der Waals surface area contributed by atoms with Gasteiger partial charge in [0.2, 0.25) is 0 Å². The van der Waals surface area contributed by atoms with Crippen LogP contribution in [0.15, 0.2) is 24.3 Å². The minimum atomic E-state index is -0.310. The van der Waals surface area contributed by atoms with E-state index < -0.39 is 0 Å². The maximum absolute atomic E-state index is 11.8. The molecule has 0 saturated carbocycles. The van der Waals surface area contributed by atoms with E-state index in [1.165, 1.54) is 5.56 Å². The first-order valence-corrected chi connectivity index (χ1v) is 5.55. The van der Waals surface area contributed by atoms with Crippen LogP contribution in [-0.2, 0) is 16.0 Å². The lowest BCUT2D eigenvalue weighted by Crippen LogP contribution is -2.23. The van der Waals surface area contributed by atoms with Crippen molar-refractivity contribution >= 4 is 5.78 Å². The molecule has 15 heavy (non-hydrogen) atoms. The fourth-order valence-electron chi connectivity index (χ4n) is 2.04. The van der Waals surface area contributed by atoms with E-state index in [-0.39, 0.29) is 11.9 Å². The van der Waals surface area contributed by atoms with Gasteiger partial charge in [0, 0.05) is 6.42 Å². The highest BCUT2D eigenvalue weighted by Gasteiger charge is 2.25. The molecule has 0 bridgehead atoms. The Balaban J connectivity index is 2.25. The zero-order valence-electron chi connectivity index (χ0n) is 9.03. The summed E-state index contributed by atoms with van der Waals surface area (Å²) < 4.78 is 5.57. The Bertz CT molecular complexity index is 357. The molecular formula is C13H16O2. The van der Waals surface area contributed by atoms with Gasteiger partial charge >= 0.3 is 0 Å². The summed E-state index contributed by atoms with van der Waals surface area (Å²) >= 11 is 0. The monoisotopic (exact) mass is 204 g/mol. The van der Waals surface area contributed by atoms with Gasteiger partial charge < -0.3 is 4.74 Å². The average Bonchev–Trinajstić information content (AvgIpc) is 2.28. The van der Waals surface area contributed by atoms with Crippen molar-refractivity contribution in [1.29, 1.82) is 0 Å². The second-order valence-corrected chi connectivity index (χ2v) is 3.92. The van der Waals surface area contributed by atoms with Crippen LogP contribution in [0.1, 0.15) is 37.0 Å². The highest BCUT2D eigenvalue weighted by Crippen LogP contribution is 2.28. The number of Topliss-reactive ketones (excluding diaryl/α,β-unsaturated/α-hetero) is 1. The molecule has 0 N–H and O–H groups in total. The molecule has 0 fully saturated rings. The quantitative estimate of drug-likeness (QED) is 0.756. The minimum absolute atomic E-state index is 0.213. The molecule has 1 aliphatic heterocycles. The fraction of sp³-hybridized carbons (Fsp3) is 0.462. The molecule has 0 aliphatic carbocycles. The highest BCUT2D eigenvalue weighted by atomic mass is 16.5. The molecule has 1 unspecified atom stereocenters. The second kappa shape index (κ2) is 4.58. The zero-order chi connectivity index (χ0) is 10.7. The van der Waals surface area contributed by atoms with Crippen molar-refractivity contribution < 1.29 is 9.53 Å². The van der Waals surface area contributed by atoms with Gasteiger partial charge in [0.25, 0.3) is 0 Å². The smallest absolute Gasteiger partial charge is 0.166 e. The fourth-order valence-corrected chi connectivity index (χ4v) is 2.04. The van der Waals surface area contributed by atoms with Crippen molar-refractivity contribution in [2.24, 2.45) is 0 Å². The molecule has 0 spiro atoms. The van der Waals surface area contributed by atoms with Crippen molar-refractivity contribution in [3.63, 3.8) is 0 Å². The number of carbonyl (C=O) groups excluding carboxylic acids is 1. The predicted molar refractivity (Wildman–Crippen MR) is 58.8 cm³/mol. The number of benzene rings is 1. The summed E-state index contributed by atoms with van der Waals surface area (Å²) in [6.07, 6.45) is 2.11. The Morgan fingerprint density at radius 3 is 3.07 bits per heavy atom. The standard InChI is InChI=1S/C13H16O2/c1-2-5-12(14)13-11-7-4-3-6-10(11)8-9-15-13/h3-4,6-7,13H,2,5,8-9H2,1H3. The first kappa shape index (κ1) is 10.4. The number of hydrogen-bond donors (Lipinski definition) is 0. The van der Waals surface area contributed by atoms with Gasteiger partial charge in [-0.3, -0.25) is 4.79 Å². The topological polar surface area (TPSA) is 26.3 Å². The van der Waals surface area contributed by atoms with Gasteiger partial charge in [0.15, 0.2) is 5.78 Å². The van der Waals surface area contributed by atoms with Crippen LogP contribution in [0.5, 0.6) is 0 Å². The Morgan fingerprint density at radius 1 is 1.47 bits per heavy atom. The van der Waals surface area contributed by atoms with E-state index in [0.717, 1.165) is 18.4 Å². The van der Waals surface area contributed by atoms with Crippen LogP contribution in [0, 0.1) is 0 Å². The Morgan fingerprint density at radius 2 is 2.27 bits per heavy atom. The average molecular weight is 204 g/mol. The van der Waals surface area contributed by atoms with Crippen LogP contribution in [0.4, 0.5) is 0 Å². The van der Waals surface area contributed by atoms with Crippen LogP contribution in [0.3, 0.4) is 0 Å². The summed E-state index contributed by atoms with van der Waals surface area (Å²) in [4.78, 5) is 11.8. The number of fused-ring (bicyclic) bond motifs is 1. The first-order chi connectivity index (χ1) is 7.33. The molecule has 1 aromatic carbocycles. The van der Waals surface area contributed by atoms with Crippen molar-refractivity contribution in [2.45, 2.75) is 32.3 Å². The van der Waals surface area contributed by atoms with Crippen molar-refractivity contribution in [1.82, 2.24) is 0 Å². The molecule has 0 radical (unpaired) electrons. The van der Waals surface area contributed by atoms with E-state index in [1.54, 1.807) is 0 Å². The van der Waals surface area contributed by atoms with E-state index in [2.05, 4.69) is 6.07 Å². The van der Waals surface area contributed by atoms with Crippen molar-refractivity contribution in [3.8, 4) is 0 Å². The minimum Gasteiger partial charge on any atom is -0.365 e. The van der Waals surface area contributed by atoms with Crippen LogP contribution in [0.25, 0.3) is 0 Å². The Kier molecular flexibility index (Phi) is 3.17. The third-order valence-corrected chi connectivity index (χ3v) is 2.78. The molecule has 2 nitrogen and oxygen atoms in total. The summed E-state index contributed by atoms with van der Waals surface area (Å²) in [6.45, 7) is 2.68. The van der Waals surface area contributed by atoms with Gasteiger partial charge in [-0.25, -0.2) is 0 Å². The van der Waals surface area contributed by atoms with Gasteiger partial charge in [0.05, 0.1) is 6.61 Å². The van der Waals surface area contributed by atoms with Gasteiger partial charge in [-0.05, 0) is 24.0 Å². The van der Waals surface area contributed by atoms with Gasteiger partial charge in [-0.2, -0.15) is 0 Å². The summed E-state index contributed by atoms with van der Waals surface area (Å²) in [5, 5.41) is 0. The molecule has 0 saturated heterocycles. The van der Waals surface area contributed by atoms with E-state index >= 15 is 0 Å². The maximum Gasteiger partial charge on any atom is 0.166 e. The summed E-state index contributed by atoms with van der Waals surface area (Å²) in [7, 11) is 0. The molecule has 1 aromatic rings. The molecule has 80 valence electrons. The van der Waals surface area contributed by atoms with E-state index in [0.29, 0.717) is 13.0 Å². The van der Waals surface area contributed by atoms with E-state index in [1.807, 2.05) is 25.1 Å². The lowest BCUT2D eigenvalue weighted by Gasteiger charge is -2.24. The lowest BCUT2D eigenvalue weighted by molar-refractivity contribution is -0.131. The predicted octanol–water partition coefficient (Wildman–Crippen LogP) is 2.67. The first-order valence-electron chi connectivity index (χ1n) is 5.55. The second-order valence-electron chi connectivity index (χ2n) is 3.92. The molecule has 2 rings (SSSR count). The molecule has 1 heterocycles. The third kappa shape index (κ3) is 2.10. The number of carbonyl (C=O) groups is 1. The van der Waals surface area contributed by atoms with Crippen LogP contribution in [-0.4, -0.2) is 12.4 Å². The zero-order valence-corrected chi connectivity index (χ0v) is 9.03. The number of ketones is 1. The van der Waals surface area contributed by atoms with Crippen molar-refractivity contribution in [3.05, 3.63) is 35.4 Å². The summed E-state index contributed by atoms with van der Waals surface area (Å²) in [5.74, 6) is 0.213. The highest BCUT2D eigenvalue weighted by molar-refractivity contribution is 5.84.